The number of piperazine rings is 1. The summed E-state index contributed by atoms with van der Waals surface area (Å²) >= 11 is 0. The Labute approximate surface area is 120 Å². The van der Waals surface area contributed by atoms with E-state index >= 15 is 0 Å². The third-order valence-corrected chi connectivity index (χ3v) is 3.34. The summed E-state index contributed by atoms with van der Waals surface area (Å²) in [5.41, 5.74) is 6.29. The van der Waals surface area contributed by atoms with Crippen LogP contribution in [-0.4, -0.2) is 42.6 Å². The third kappa shape index (κ3) is 4.51. The molecule has 1 heterocycles. The van der Waals surface area contributed by atoms with E-state index in [4.69, 9.17) is 10.5 Å². The standard InChI is InChI=1S/C15H23N3O2/c1-11-7-18(8-12(2)17-11)9-13-3-5-14(6-4-13)20-10-15(16)19/h3-6,11-12,17H,7-10H2,1-2H3,(H2,16,19). The van der Waals surface area contributed by atoms with E-state index in [1.54, 1.807) is 0 Å². The molecule has 0 radical (unpaired) electrons. The van der Waals surface area contributed by atoms with Crippen LogP contribution in [-0.2, 0) is 11.3 Å². The van der Waals surface area contributed by atoms with Crippen molar-refractivity contribution in [2.75, 3.05) is 19.7 Å². The molecule has 0 spiro atoms. The van der Waals surface area contributed by atoms with Gasteiger partial charge in [0.15, 0.2) is 6.61 Å². The van der Waals surface area contributed by atoms with Gasteiger partial charge in [0.1, 0.15) is 5.75 Å². The van der Waals surface area contributed by atoms with Gasteiger partial charge in [-0.1, -0.05) is 12.1 Å². The number of benzene rings is 1. The van der Waals surface area contributed by atoms with E-state index < -0.39 is 5.91 Å². The number of nitrogens with zero attached hydrogens (tertiary/aromatic N) is 1. The number of ether oxygens (including phenoxy) is 1. The van der Waals surface area contributed by atoms with Crippen molar-refractivity contribution in [2.24, 2.45) is 5.73 Å². The minimum absolute atomic E-state index is 0.0772. The summed E-state index contributed by atoms with van der Waals surface area (Å²) in [4.78, 5) is 13.1. The van der Waals surface area contributed by atoms with Crippen molar-refractivity contribution in [2.45, 2.75) is 32.5 Å². The number of carbonyl (C=O) groups is 1. The first-order valence-electron chi connectivity index (χ1n) is 7.01. The fraction of sp³-hybridized carbons (Fsp3) is 0.533. The number of nitrogens with two attached hydrogens (primary N) is 1. The molecule has 2 atom stereocenters. The number of carbonyl (C=O) groups excluding carboxylic acids is 1. The highest BCUT2D eigenvalue weighted by Crippen LogP contribution is 2.15. The van der Waals surface area contributed by atoms with Gasteiger partial charge in [-0.25, -0.2) is 0 Å². The van der Waals surface area contributed by atoms with Crippen LogP contribution in [0.5, 0.6) is 5.75 Å². The summed E-state index contributed by atoms with van der Waals surface area (Å²) in [6.45, 7) is 7.40. The van der Waals surface area contributed by atoms with Gasteiger partial charge in [-0.3, -0.25) is 9.69 Å². The molecular weight excluding hydrogens is 254 g/mol. The van der Waals surface area contributed by atoms with Crippen LogP contribution < -0.4 is 15.8 Å². The maximum atomic E-state index is 10.6. The Bertz CT molecular complexity index is 437. The Morgan fingerprint density at radius 2 is 1.90 bits per heavy atom. The van der Waals surface area contributed by atoms with E-state index in [0.29, 0.717) is 17.8 Å². The van der Waals surface area contributed by atoms with Crippen molar-refractivity contribution in [1.82, 2.24) is 10.2 Å². The van der Waals surface area contributed by atoms with Crippen LogP contribution in [0, 0.1) is 0 Å². The van der Waals surface area contributed by atoms with Crippen molar-refractivity contribution in [1.29, 1.82) is 0 Å². The molecule has 0 aliphatic carbocycles. The molecule has 0 aromatic heterocycles. The quantitative estimate of drug-likeness (QED) is 0.833. The van der Waals surface area contributed by atoms with E-state index in [2.05, 4.69) is 24.1 Å². The first-order valence-corrected chi connectivity index (χ1v) is 7.01. The van der Waals surface area contributed by atoms with Crippen LogP contribution in [0.15, 0.2) is 24.3 Å². The van der Waals surface area contributed by atoms with Gasteiger partial charge in [0.2, 0.25) is 0 Å². The van der Waals surface area contributed by atoms with Crippen molar-refractivity contribution in [3.05, 3.63) is 29.8 Å². The normalized spacial score (nSPS) is 23.5. The molecule has 5 heteroatoms. The molecule has 1 aromatic rings. The van der Waals surface area contributed by atoms with Crippen molar-refractivity contribution >= 4 is 5.91 Å². The maximum Gasteiger partial charge on any atom is 0.255 e. The zero-order valence-electron chi connectivity index (χ0n) is 12.1. The minimum Gasteiger partial charge on any atom is -0.484 e. The Kier molecular flexibility index (Phi) is 4.98. The zero-order chi connectivity index (χ0) is 14.5. The molecule has 2 unspecified atom stereocenters. The van der Waals surface area contributed by atoms with Crippen molar-refractivity contribution < 1.29 is 9.53 Å². The summed E-state index contributed by atoms with van der Waals surface area (Å²) in [7, 11) is 0. The largest absolute Gasteiger partial charge is 0.484 e. The van der Waals surface area contributed by atoms with E-state index in [0.717, 1.165) is 19.6 Å². The average Bonchev–Trinajstić information content (AvgIpc) is 2.36. The first kappa shape index (κ1) is 14.8. The van der Waals surface area contributed by atoms with Crippen LogP contribution in [0.2, 0.25) is 0 Å². The lowest BCUT2D eigenvalue weighted by Crippen LogP contribution is -2.53. The summed E-state index contributed by atoms with van der Waals surface area (Å²) in [6.07, 6.45) is 0. The van der Waals surface area contributed by atoms with E-state index in [1.807, 2.05) is 24.3 Å². The molecule has 110 valence electrons. The number of hydrogen-bond acceptors (Lipinski definition) is 4. The van der Waals surface area contributed by atoms with Gasteiger partial charge in [0, 0.05) is 31.7 Å². The van der Waals surface area contributed by atoms with Crippen molar-refractivity contribution in [3.63, 3.8) is 0 Å². The monoisotopic (exact) mass is 277 g/mol. The number of primary amides is 1. The molecule has 20 heavy (non-hydrogen) atoms. The SMILES string of the molecule is CC1CN(Cc2ccc(OCC(N)=O)cc2)CC(C)N1. The Balaban J connectivity index is 1.88. The highest BCUT2D eigenvalue weighted by atomic mass is 16.5. The van der Waals surface area contributed by atoms with Crippen LogP contribution in [0.4, 0.5) is 0 Å². The van der Waals surface area contributed by atoms with Gasteiger partial charge >= 0.3 is 0 Å². The molecule has 0 bridgehead atoms. The lowest BCUT2D eigenvalue weighted by atomic mass is 10.1. The van der Waals surface area contributed by atoms with E-state index in [1.165, 1.54) is 5.56 Å². The molecule has 1 amide bonds. The Morgan fingerprint density at radius 3 is 2.45 bits per heavy atom. The highest BCUT2D eigenvalue weighted by molar-refractivity contribution is 5.75. The molecular formula is C15H23N3O2. The fourth-order valence-corrected chi connectivity index (χ4v) is 2.67. The van der Waals surface area contributed by atoms with Crippen LogP contribution in [0.1, 0.15) is 19.4 Å². The van der Waals surface area contributed by atoms with E-state index in [9.17, 15) is 4.79 Å². The predicted octanol–water partition coefficient (Wildman–Crippen LogP) is 0.733. The predicted molar refractivity (Wildman–Crippen MR) is 78.5 cm³/mol. The second-order valence-electron chi connectivity index (χ2n) is 5.56. The number of rotatable bonds is 5. The number of hydrogen-bond donors (Lipinski definition) is 2. The third-order valence-electron chi connectivity index (χ3n) is 3.34. The average molecular weight is 277 g/mol. The van der Waals surface area contributed by atoms with Gasteiger partial charge in [0.25, 0.3) is 5.91 Å². The Hall–Kier alpha value is -1.59. The second kappa shape index (κ2) is 6.72. The molecule has 0 saturated carbocycles. The fourth-order valence-electron chi connectivity index (χ4n) is 2.67. The van der Waals surface area contributed by atoms with Crippen LogP contribution >= 0.6 is 0 Å². The van der Waals surface area contributed by atoms with Crippen LogP contribution in [0.25, 0.3) is 0 Å². The lowest BCUT2D eigenvalue weighted by molar-refractivity contribution is -0.119. The van der Waals surface area contributed by atoms with Gasteiger partial charge in [-0.15, -0.1) is 0 Å². The summed E-state index contributed by atoms with van der Waals surface area (Å²) in [5, 5.41) is 3.53. The topological polar surface area (TPSA) is 67.6 Å². The summed E-state index contributed by atoms with van der Waals surface area (Å²) < 4.78 is 5.25. The molecule has 1 fully saturated rings. The molecule has 1 aliphatic rings. The summed E-state index contributed by atoms with van der Waals surface area (Å²) in [6, 6.07) is 8.89. The van der Waals surface area contributed by atoms with E-state index in [-0.39, 0.29) is 6.61 Å². The molecule has 3 N–H and O–H groups in total. The highest BCUT2D eigenvalue weighted by Gasteiger charge is 2.20. The zero-order valence-corrected chi connectivity index (χ0v) is 12.1. The molecule has 2 rings (SSSR count). The maximum absolute atomic E-state index is 10.6. The Morgan fingerprint density at radius 1 is 1.30 bits per heavy atom. The van der Waals surface area contributed by atoms with Gasteiger partial charge in [-0.05, 0) is 31.5 Å². The van der Waals surface area contributed by atoms with Gasteiger partial charge < -0.3 is 15.8 Å². The van der Waals surface area contributed by atoms with Gasteiger partial charge in [0.05, 0.1) is 0 Å². The second-order valence-corrected chi connectivity index (χ2v) is 5.56. The first-order chi connectivity index (χ1) is 9.52. The smallest absolute Gasteiger partial charge is 0.255 e. The summed E-state index contributed by atoms with van der Waals surface area (Å²) in [5.74, 6) is 0.215. The van der Waals surface area contributed by atoms with Gasteiger partial charge in [-0.2, -0.15) is 0 Å². The molecule has 1 aliphatic heterocycles. The van der Waals surface area contributed by atoms with Crippen molar-refractivity contribution in [3.8, 4) is 5.75 Å². The molecule has 1 saturated heterocycles. The lowest BCUT2D eigenvalue weighted by Gasteiger charge is -2.36. The number of nitrogens with one attached hydrogen (secondary N) is 1. The minimum atomic E-state index is -0.460. The number of amides is 1. The molecule has 5 nitrogen and oxygen atoms in total. The van der Waals surface area contributed by atoms with Crippen LogP contribution in [0.3, 0.4) is 0 Å². The molecule has 1 aromatic carbocycles.